The van der Waals surface area contributed by atoms with Gasteiger partial charge in [0.2, 0.25) is 0 Å². The Bertz CT molecular complexity index is 2490. The van der Waals surface area contributed by atoms with E-state index in [1.54, 1.807) is 0 Å². The van der Waals surface area contributed by atoms with Crippen molar-refractivity contribution < 1.29 is 0 Å². The van der Waals surface area contributed by atoms with Gasteiger partial charge >= 0.3 is 0 Å². The third-order valence-corrected chi connectivity index (χ3v) is 9.20. The quantitative estimate of drug-likeness (QED) is 0.180. The molecule has 47 heavy (non-hydrogen) atoms. The van der Waals surface area contributed by atoms with Crippen LogP contribution in [0.25, 0.3) is 83.0 Å². The van der Waals surface area contributed by atoms with Crippen molar-refractivity contribution in [2.45, 2.75) is 0 Å². The van der Waals surface area contributed by atoms with E-state index in [0.717, 1.165) is 28.1 Å². The van der Waals surface area contributed by atoms with Gasteiger partial charge in [-0.1, -0.05) is 152 Å². The van der Waals surface area contributed by atoms with Gasteiger partial charge < -0.3 is 0 Å². The summed E-state index contributed by atoms with van der Waals surface area (Å²) in [6, 6.07) is 65.0. The molecule has 0 unspecified atom stereocenters. The number of aromatic nitrogens is 2. The Morgan fingerprint density at radius 2 is 0.809 bits per heavy atom. The molecule has 0 saturated heterocycles. The summed E-state index contributed by atoms with van der Waals surface area (Å²) in [4.78, 5) is 5.16. The predicted octanol–water partition coefficient (Wildman–Crippen LogP) is 12.0. The SMILES string of the molecule is c1ccc(-c2cccc(-c3nc4ccccc4n3-c3ccc(-c4c5ccccc5c(-c5ccccc5)c5ccccc45)cc3)c2)cc1. The van der Waals surface area contributed by atoms with Gasteiger partial charge in [0.1, 0.15) is 5.82 Å². The monoisotopic (exact) mass is 598 g/mol. The van der Waals surface area contributed by atoms with Gasteiger partial charge in [0.05, 0.1) is 11.0 Å². The van der Waals surface area contributed by atoms with Crippen molar-refractivity contribution in [2.24, 2.45) is 0 Å². The Kier molecular flexibility index (Phi) is 6.50. The maximum atomic E-state index is 5.16. The molecule has 0 saturated carbocycles. The fraction of sp³-hybridized carbons (Fsp3) is 0. The van der Waals surface area contributed by atoms with E-state index in [1.165, 1.54) is 54.9 Å². The molecule has 1 aromatic heterocycles. The molecule has 2 heteroatoms. The zero-order chi connectivity index (χ0) is 31.2. The zero-order valence-corrected chi connectivity index (χ0v) is 25.7. The summed E-state index contributed by atoms with van der Waals surface area (Å²) < 4.78 is 2.29. The van der Waals surface area contributed by atoms with Crippen LogP contribution in [0, 0.1) is 0 Å². The Morgan fingerprint density at radius 3 is 1.43 bits per heavy atom. The largest absolute Gasteiger partial charge is 0.292 e. The lowest BCUT2D eigenvalue weighted by Gasteiger charge is -2.18. The molecular weight excluding hydrogens is 569 g/mol. The normalized spacial score (nSPS) is 11.4. The summed E-state index contributed by atoms with van der Waals surface area (Å²) in [7, 11) is 0. The second kappa shape index (κ2) is 11.3. The highest BCUT2D eigenvalue weighted by atomic mass is 15.1. The first kappa shape index (κ1) is 27.1. The highest BCUT2D eigenvalue weighted by molar-refractivity contribution is 6.21. The lowest BCUT2D eigenvalue weighted by atomic mass is 9.86. The van der Waals surface area contributed by atoms with Crippen molar-refractivity contribution >= 4 is 32.6 Å². The van der Waals surface area contributed by atoms with Gasteiger partial charge in [-0.25, -0.2) is 4.98 Å². The van der Waals surface area contributed by atoms with Crippen LogP contribution in [0.1, 0.15) is 0 Å². The number of benzene rings is 8. The van der Waals surface area contributed by atoms with Gasteiger partial charge in [-0.05, 0) is 85.3 Å². The van der Waals surface area contributed by atoms with Crippen LogP contribution in [0.4, 0.5) is 0 Å². The summed E-state index contributed by atoms with van der Waals surface area (Å²) in [6.07, 6.45) is 0. The standard InChI is InChI=1S/C45H30N2/c1-3-14-31(15-4-1)34-18-13-19-35(30-34)45-46-41-24-11-12-25-42(41)47(45)36-28-26-33(27-29-36)44-39-22-9-7-20-37(39)43(32-16-5-2-6-17-32)38-21-8-10-23-40(38)44/h1-30H. The molecule has 8 aromatic carbocycles. The van der Waals surface area contributed by atoms with E-state index in [-0.39, 0.29) is 0 Å². The number of nitrogens with zero attached hydrogens (tertiary/aromatic N) is 2. The van der Waals surface area contributed by atoms with E-state index >= 15 is 0 Å². The molecule has 0 spiro atoms. The molecule has 0 aliphatic carbocycles. The van der Waals surface area contributed by atoms with Gasteiger partial charge in [-0.3, -0.25) is 4.57 Å². The molecular formula is C45H30N2. The second-order valence-electron chi connectivity index (χ2n) is 12.0. The Morgan fingerprint density at radius 1 is 0.340 bits per heavy atom. The minimum absolute atomic E-state index is 0.930. The molecule has 9 aromatic rings. The van der Waals surface area contributed by atoms with E-state index in [2.05, 4.69) is 187 Å². The lowest BCUT2D eigenvalue weighted by Crippen LogP contribution is -1.98. The lowest BCUT2D eigenvalue weighted by molar-refractivity contribution is 1.10. The fourth-order valence-electron chi connectivity index (χ4n) is 7.08. The van der Waals surface area contributed by atoms with Crippen LogP contribution in [-0.2, 0) is 0 Å². The highest BCUT2D eigenvalue weighted by Crippen LogP contribution is 2.44. The Hall–Kier alpha value is -6.25. The Labute approximate surface area is 273 Å². The molecule has 0 amide bonds. The first-order valence-electron chi connectivity index (χ1n) is 16.1. The molecule has 0 radical (unpaired) electrons. The van der Waals surface area contributed by atoms with Crippen LogP contribution in [0.5, 0.6) is 0 Å². The summed E-state index contributed by atoms with van der Waals surface area (Å²) in [5.41, 5.74) is 11.6. The van der Waals surface area contributed by atoms with Crippen LogP contribution >= 0.6 is 0 Å². The molecule has 0 bridgehead atoms. The molecule has 2 nitrogen and oxygen atoms in total. The maximum Gasteiger partial charge on any atom is 0.145 e. The summed E-state index contributed by atoms with van der Waals surface area (Å²) in [5, 5.41) is 5.03. The average molecular weight is 599 g/mol. The van der Waals surface area contributed by atoms with Crippen LogP contribution in [0.2, 0.25) is 0 Å². The van der Waals surface area contributed by atoms with Crippen molar-refractivity contribution in [3.8, 4) is 50.5 Å². The smallest absolute Gasteiger partial charge is 0.145 e. The summed E-state index contributed by atoms with van der Waals surface area (Å²) in [6.45, 7) is 0. The number of para-hydroxylation sites is 2. The molecule has 0 N–H and O–H groups in total. The van der Waals surface area contributed by atoms with Gasteiger partial charge in [0.25, 0.3) is 0 Å². The number of rotatable bonds is 5. The summed E-state index contributed by atoms with van der Waals surface area (Å²) in [5.74, 6) is 0.930. The van der Waals surface area contributed by atoms with Crippen LogP contribution in [0.15, 0.2) is 182 Å². The minimum atomic E-state index is 0.930. The topological polar surface area (TPSA) is 17.8 Å². The van der Waals surface area contributed by atoms with Crippen molar-refractivity contribution in [3.63, 3.8) is 0 Å². The van der Waals surface area contributed by atoms with Crippen molar-refractivity contribution in [1.82, 2.24) is 9.55 Å². The second-order valence-corrected chi connectivity index (χ2v) is 12.0. The first-order valence-corrected chi connectivity index (χ1v) is 16.1. The van der Waals surface area contributed by atoms with Gasteiger partial charge in [0, 0.05) is 11.3 Å². The predicted molar refractivity (Wildman–Crippen MR) is 198 cm³/mol. The molecule has 220 valence electrons. The van der Waals surface area contributed by atoms with Crippen LogP contribution in [0.3, 0.4) is 0 Å². The molecule has 0 atom stereocenters. The number of imidazole rings is 1. The highest BCUT2D eigenvalue weighted by Gasteiger charge is 2.18. The van der Waals surface area contributed by atoms with E-state index in [9.17, 15) is 0 Å². The fourth-order valence-corrected chi connectivity index (χ4v) is 7.08. The third kappa shape index (κ3) is 4.62. The van der Waals surface area contributed by atoms with E-state index in [1.807, 2.05) is 0 Å². The maximum absolute atomic E-state index is 5.16. The number of hydrogen-bond donors (Lipinski definition) is 0. The van der Waals surface area contributed by atoms with Crippen LogP contribution < -0.4 is 0 Å². The van der Waals surface area contributed by atoms with Crippen LogP contribution in [-0.4, -0.2) is 9.55 Å². The first-order chi connectivity index (χ1) is 23.3. The third-order valence-electron chi connectivity index (χ3n) is 9.20. The van der Waals surface area contributed by atoms with Crippen molar-refractivity contribution in [1.29, 1.82) is 0 Å². The number of fused-ring (bicyclic) bond motifs is 3. The average Bonchev–Trinajstić information content (AvgIpc) is 3.54. The van der Waals surface area contributed by atoms with E-state index in [0.29, 0.717) is 0 Å². The van der Waals surface area contributed by atoms with Gasteiger partial charge in [-0.2, -0.15) is 0 Å². The molecule has 9 rings (SSSR count). The minimum Gasteiger partial charge on any atom is -0.292 e. The molecule has 1 heterocycles. The van der Waals surface area contributed by atoms with E-state index < -0.39 is 0 Å². The molecule has 0 fully saturated rings. The van der Waals surface area contributed by atoms with Gasteiger partial charge in [0.15, 0.2) is 0 Å². The zero-order valence-electron chi connectivity index (χ0n) is 25.7. The van der Waals surface area contributed by atoms with E-state index in [4.69, 9.17) is 4.98 Å². The van der Waals surface area contributed by atoms with Crippen molar-refractivity contribution in [3.05, 3.63) is 182 Å². The molecule has 0 aliphatic rings. The van der Waals surface area contributed by atoms with Gasteiger partial charge in [-0.15, -0.1) is 0 Å². The summed E-state index contributed by atoms with van der Waals surface area (Å²) >= 11 is 0. The molecule has 0 aliphatic heterocycles. The Balaban J connectivity index is 1.22. The number of hydrogen-bond acceptors (Lipinski definition) is 1. The van der Waals surface area contributed by atoms with Crippen molar-refractivity contribution in [2.75, 3.05) is 0 Å².